The second-order valence-electron chi connectivity index (χ2n) is 5.93. The van der Waals surface area contributed by atoms with Crippen LogP contribution in [0, 0.1) is 0 Å². The lowest BCUT2D eigenvalue weighted by atomic mass is 10.00. The van der Waals surface area contributed by atoms with Crippen molar-refractivity contribution in [3.8, 4) is 0 Å². The highest BCUT2D eigenvalue weighted by Gasteiger charge is 2.12. The summed E-state index contributed by atoms with van der Waals surface area (Å²) in [5, 5.41) is 2.62. The van der Waals surface area contributed by atoms with E-state index in [4.69, 9.17) is 11.5 Å². The van der Waals surface area contributed by atoms with Crippen LogP contribution in [0.4, 0.5) is 0 Å². The second kappa shape index (κ2) is 7.82. The molecule has 2 aromatic carbocycles. The number of fused-ring (bicyclic) bond motifs is 3. The predicted octanol–water partition coefficient (Wildman–Crippen LogP) is 4.37. The molecule has 0 amide bonds. The molecule has 4 N–H and O–H groups in total. The third-order valence-electron chi connectivity index (χ3n) is 4.51. The summed E-state index contributed by atoms with van der Waals surface area (Å²) in [5.74, 6) is 0. The summed E-state index contributed by atoms with van der Waals surface area (Å²) in [6, 6.07) is 15.4. The van der Waals surface area contributed by atoms with Crippen molar-refractivity contribution >= 4 is 34.2 Å². The smallest absolute Gasteiger partial charge is 0.0491 e. The summed E-state index contributed by atoms with van der Waals surface area (Å²) in [6.45, 7) is 3.92. The largest absolute Gasteiger partial charge is 0.341 e. The summed E-state index contributed by atoms with van der Waals surface area (Å²) >= 11 is 0. The van der Waals surface area contributed by atoms with Gasteiger partial charge in [-0.3, -0.25) is 0 Å². The monoisotopic (exact) mass is 331 g/mol. The number of para-hydroxylation sites is 1. The Morgan fingerprint density at radius 2 is 1.74 bits per heavy atom. The van der Waals surface area contributed by atoms with E-state index in [9.17, 15) is 0 Å². The fraction of sp³-hybridized carbons (Fsp3) is 0.368. The summed E-state index contributed by atoms with van der Waals surface area (Å²) in [6.07, 6.45) is 3.13. The molecule has 0 saturated heterocycles. The Morgan fingerprint density at radius 3 is 2.48 bits per heavy atom. The molecular formula is C19H26ClN3. The van der Waals surface area contributed by atoms with Gasteiger partial charge in [-0.15, -0.1) is 12.4 Å². The molecule has 1 aromatic heterocycles. The van der Waals surface area contributed by atoms with Crippen LogP contribution in [0.2, 0.25) is 0 Å². The lowest BCUT2D eigenvalue weighted by Gasteiger charge is -2.12. The van der Waals surface area contributed by atoms with Gasteiger partial charge >= 0.3 is 0 Å². The van der Waals surface area contributed by atoms with Gasteiger partial charge < -0.3 is 16.0 Å². The maximum atomic E-state index is 6.36. The number of halogens is 1. The first-order valence-corrected chi connectivity index (χ1v) is 8.22. The number of hydrogen-bond acceptors (Lipinski definition) is 2. The third kappa shape index (κ3) is 3.37. The highest BCUT2D eigenvalue weighted by Crippen LogP contribution is 2.31. The summed E-state index contributed by atoms with van der Waals surface area (Å²) in [4.78, 5) is 0. The van der Waals surface area contributed by atoms with Crippen molar-refractivity contribution < 1.29 is 0 Å². The molecule has 23 heavy (non-hydrogen) atoms. The molecule has 0 aliphatic rings. The highest BCUT2D eigenvalue weighted by molar-refractivity contribution is 6.08. The molecule has 3 nitrogen and oxygen atoms in total. The number of nitrogens with zero attached hydrogens (tertiary/aromatic N) is 1. The maximum Gasteiger partial charge on any atom is 0.0491 e. The quantitative estimate of drug-likeness (QED) is 0.659. The molecule has 0 aliphatic carbocycles. The molecule has 3 rings (SSSR count). The van der Waals surface area contributed by atoms with Gasteiger partial charge in [0.25, 0.3) is 0 Å². The minimum absolute atomic E-state index is 0. The van der Waals surface area contributed by atoms with Gasteiger partial charge in [-0.05, 0) is 50.1 Å². The van der Waals surface area contributed by atoms with Crippen LogP contribution in [0.1, 0.15) is 37.8 Å². The minimum atomic E-state index is 0. The van der Waals surface area contributed by atoms with E-state index < -0.39 is 0 Å². The van der Waals surface area contributed by atoms with Gasteiger partial charge in [0.15, 0.2) is 0 Å². The Balaban J connectivity index is 0.00000192. The van der Waals surface area contributed by atoms with Gasteiger partial charge in [0, 0.05) is 34.4 Å². The van der Waals surface area contributed by atoms with E-state index in [0.717, 1.165) is 32.4 Å². The molecule has 0 fully saturated rings. The van der Waals surface area contributed by atoms with Crippen LogP contribution in [-0.4, -0.2) is 11.1 Å². The van der Waals surface area contributed by atoms with Crippen molar-refractivity contribution in [3.05, 3.63) is 48.0 Å². The molecule has 0 bridgehead atoms. The highest BCUT2D eigenvalue weighted by atomic mass is 35.5. The Labute approximate surface area is 144 Å². The van der Waals surface area contributed by atoms with Crippen LogP contribution >= 0.6 is 12.4 Å². The normalized spacial score (nSPS) is 12.5. The van der Waals surface area contributed by atoms with E-state index >= 15 is 0 Å². The lowest BCUT2D eigenvalue weighted by Crippen LogP contribution is -2.11. The first kappa shape index (κ1) is 17.8. The van der Waals surface area contributed by atoms with E-state index in [1.54, 1.807) is 0 Å². The van der Waals surface area contributed by atoms with Crippen molar-refractivity contribution in [2.24, 2.45) is 11.5 Å². The topological polar surface area (TPSA) is 57.0 Å². The molecule has 4 heteroatoms. The van der Waals surface area contributed by atoms with E-state index in [1.165, 1.54) is 27.4 Å². The Morgan fingerprint density at radius 1 is 1.00 bits per heavy atom. The summed E-state index contributed by atoms with van der Waals surface area (Å²) in [7, 11) is 0. The predicted molar refractivity (Wildman–Crippen MR) is 102 cm³/mol. The third-order valence-corrected chi connectivity index (χ3v) is 4.51. The van der Waals surface area contributed by atoms with Crippen molar-refractivity contribution in [1.29, 1.82) is 0 Å². The van der Waals surface area contributed by atoms with Gasteiger partial charge in [-0.1, -0.05) is 30.7 Å². The van der Waals surface area contributed by atoms with Gasteiger partial charge in [0.05, 0.1) is 0 Å². The number of nitrogens with two attached hydrogens (primary N) is 2. The molecule has 0 spiro atoms. The van der Waals surface area contributed by atoms with Gasteiger partial charge in [-0.2, -0.15) is 0 Å². The first-order chi connectivity index (χ1) is 10.8. The van der Waals surface area contributed by atoms with E-state index in [1.807, 2.05) is 0 Å². The number of aromatic nitrogens is 1. The maximum absolute atomic E-state index is 6.36. The standard InChI is InChI=1S/C19H25N3.ClH/c1-2-22-18-9-4-3-7-15(18)16-13-14(10-11-19(16)22)17(21)8-5-6-12-20;/h3-4,7,9-11,13,17H,2,5-6,8,12,20-21H2,1H3;1H/t17-;/m1./s1. The summed E-state index contributed by atoms with van der Waals surface area (Å²) < 4.78 is 2.37. The molecular weight excluding hydrogens is 306 g/mol. The number of unbranched alkanes of at least 4 members (excludes halogenated alkanes) is 1. The van der Waals surface area contributed by atoms with Crippen LogP contribution in [0.15, 0.2) is 42.5 Å². The van der Waals surface area contributed by atoms with E-state index in [2.05, 4.69) is 54.0 Å². The molecule has 0 unspecified atom stereocenters. The average Bonchev–Trinajstić information content (AvgIpc) is 2.88. The molecule has 0 radical (unpaired) electrons. The number of hydrogen-bond donors (Lipinski definition) is 2. The van der Waals surface area contributed by atoms with Gasteiger partial charge in [-0.25, -0.2) is 0 Å². The Kier molecular flexibility index (Phi) is 6.05. The molecule has 1 heterocycles. The first-order valence-electron chi connectivity index (χ1n) is 8.22. The molecule has 0 aliphatic heterocycles. The van der Waals surface area contributed by atoms with Crippen LogP contribution in [0.25, 0.3) is 21.8 Å². The van der Waals surface area contributed by atoms with Crippen molar-refractivity contribution in [2.45, 2.75) is 38.8 Å². The zero-order valence-corrected chi connectivity index (χ0v) is 14.5. The fourth-order valence-corrected chi connectivity index (χ4v) is 3.32. The van der Waals surface area contributed by atoms with Crippen molar-refractivity contribution in [1.82, 2.24) is 4.57 Å². The molecule has 124 valence electrons. The van der Waals surface area contributed by atoms with Crippen molar-refractivity contribution in [2.75, 3.05) is 6.54 Å². The fourth-order valence-electron chi connectivity index (χ4n) is 3.32. The Bertz CT molecular complexity index is 779. The van der Waals surface area contributed by atoms with E-state index in [0.29, 0.717) is 0 Å². The zero-order chi connectivity index (χ0) is 15.5. The molecule has 3 aromatic rings. The van der Waals surface area contributed by atoms with Crippen LogP contribution in [-0.2, 0) is 6.54 Å². The van der Waals surface area contributed by atoms with E-state index in [-0.39, 0.29) is 18.4 Å². The summed E-state index contributed by atoms with van der Waals surface area (Å²) in [5.41, 5.74) is 15.7. The van der Waals surface area contributed by atoms with Crippen molar-refractivity contribution in [3.63, 3.8) is 0 Å². The number of aryl methyl sites for hydroxylation is 1. The molecule has 1 atom stereocenters. The van der Waals surface area contributed by atoms with Gasteiger partial charge in [0.2, 0.25) is 0 Å². The lowest BCUT2D eigenvalue weighted by molar-refractivity contribution is 0.591. The van der Waals surface area contributed by atoms with Crippen LogP contribution in [0.3, 0.4) is 0 Å². The number of rotatable bonds is 6. The zero-order valence-electron chi connectivity index (χ0n) is 13.7. The molecule has 0 saturated carbocycles. The minimum Gasteiger partial charge on any atom is -0.341 e. The average molecular weight is 332 g/mol. The van der Waals surface area contributed by atoms with Crippen LogP contribution in [0.5, 0.6) is 0 Å². The Hall–Kier alpha value is -1.55. The second-order valence-corrected chi connectivity index (χ2v) is 5.93. The number of benzene rings is 2. The van der Waals surface area contributed by atoms with Gasteiger partial charge in [0.1, 0.15) is 0 Å². The van der Waals surface area contributed by atoms with Crippen LogP contribution < -0.4 is 11.5 Å². The SMILES string of the molecule is CCn1c2ccccc2c2cc([C@H](N)CCCCN)ccc21.Cl.